The Morgan fingerprint density at radius 1 is 1.53 bits per heavy atom. The van der Waals surface area contributed by atoms with Crippen LogP contribution in [0.25, 0.3) is 0 Å². The minimum Gasteiger partial charge on any atom is -0.352 e. The number of aromatic nitrogens is 2. The second-order valence-electron chi connectivity index (χ2n) is 5.60. The Balaban J connectivity index is 1.81. The highest BCUT2D eigenvalue weighted by atomic mass is 16.2. The predicted octanol–water partition coefficient (Wildman–Crippen LogP) is 0.762. The van der Waals surface area contributed by atoms with Gasteiger partial charge < -0.3 is 5.32 Å². The van der Waals surface area contributed by atoms with Gasteiger partial charge >= 0.3 is 0 Å². The molecule has 2 aliphatic rings. The second kappa shape index (κ2) is 4.36. The van der Waals surface area contributed by atoms with Gasteiger partial charge in [-0.2, -0.15) is 5.10 Å². The first-order valence-corrected chi connectivity index (χ1v) is 6.71. The molecule has 2 heterocycles. The normalized spacial score (nSPS) is 27.6. The third kappa shape index (κ3) is 2.22. The maximum absolute atomic E-state index is 12.3. The van der Waals surface area contributed by atoms with E-state index >= 15 is 0 Å². The summed E-state index contributed by atoms with van der Waals surface area (Å²) in [5.41, 5.74) is 0.935. The minimum absolute atomic E-state index is 0.0396. The molecule has 0 aromatic carbocycles. The highest BCUT2D eigenvalue weighted by molar-refractivity contribution is 6.01. The van der Waals surface area contributed by atoms with Crippen LogP contribution in [0.4, 0.5) is 0 Å². The smallest absolute Gasteiger partial charge is 0.238 e. The number of carbonyl (C=O) groups excluding carboxylic acids is 1. The van der Waals surface area contributed by atoms with Gasteiger partial charge in [0.15, 0.2) is 5.96 Å². The van der Waals surface area contributed by atoms with Gasteiger partial charge in [0.05, 0.1) is 12.1 Å². The predicted molar refractivity (Wildman–Crippen MR) is 70.8 cm³/mol. The molecule has 2 N–H and O–H groups in total. The van der Waals surface area contributed by atoms with Gasteiger partial charge in [-0.25, -0.2) is 0 Å². The van der Waals surface area contributed by atoms with Gasteiger partial charge in [-0.05, 0) is 25.7 Å². The molecule has 1 aliphatic heterocycles. The van der Waals surface area contributed by atoms with Crippen LogP contribution in [-0.4, -0.2) is 39.6 Å². The summed E-state index contributed by atoms with van der Waals surface area (Å²) in [6.45, 7) is 2.89. The van der Waals surface area contributed by atoms with Crippen molar-refractivity contribution < 1.29 is 4.79 Å². The third-order valence-electron chi connectivity index (χ3n) is 3.95. The lowest BCUT2D eigenvalue weighted by molar-refractivity contribution is -0.129. The first-order valence-electron chi connectivity index (χ1n) is 6.71. The third-order valence-corrected chi connectivity index (χ3v) is 3.95. The summed E-state index contributed by atoms with van der Waals surface area (Å²) in [6, 6.07) is -0.0743. The number of hydrogen-bond donors (Lipinski definition) is 2. The molecule has 0 bridgehead atoms. The first-order chi connectivity index (χ1) is 9.06. The van der Waals surface area contributed by atoms with Gasteiger partial charge in [0, 0.05) is 31.4 Å². The zero-order valence-corrected chi connectivity index (χ0v) is 11.3. The summed E-state index contributed by atoms with van der Waals surface area (Å²) >= 11 is 0. The van der Waals surface area contributed by atoms with Crippen molar-refractivity contribution in [2.75, 3.05) is 7.05 Å². The molecule has 1 amide bonds. The highest BCUT2D eigenvalue weighted by Gasteiger charge is 2.37. The molecule has 1 saturated carbocycles. The van der Waals surface area contributed by atoms with Gasteiger partial charge in [0.2, 0.25) is 5.91 Å². The van der Waals surface area contributed by atoms with E-state index in [0.29, 0.717) is 0 Å². The summed E-state index contributed by atoms with van der Waals surface area (Å²) in [7, 11) is 1.63. The fraction of sp³-hybridized carbons (Fsp3) is 0.615. The molecule has 102 valence electrons. The molecule has 6 heteroatoms. The first kappa shape index (κ1) is 12.2. The van der Waals surface area contributed by atoms with Crippen molar-refractivity contribution in [3.05, 3.63) is 18.0 Å². The van der Waals surface area contributed by atoms with Gasteiger partial charge in [0.1, 0.15) is 0 Å². The van der Waals surface area contributed by atoms with Crippen molar-refractivity contribution >= 4 is 11.9 Å². The molecule has 0 spiro atoms. The topological polar surface area (TPSA) is 74.0 Å². The van der Waals surface area contributed by atoms with Gasteiger partial charge in [-0.15, -0.1) is 0 Å². The Morgan fingerprint density at radius 3 is 2.95 bits per heavy atom. The van der Waals surface area contributed by atoms with E-state index in [9.17, 15) is 4.79 Å². The molecule has 1 aromatic heterocycles. The summed E-state index contributed by atoms with van der Waals surface area (Å²) in [6.07, 6.45) is 6.33. The maximum atomic E-state index is 12.3. The molecule has 0 radical (unpaired) electrons. The van der Waals surface area contributed by atoms with Crippen LogP contribution >= 0.6 is 0 Å². The Hall–Kier alpha value is -1.85. The van der Waals surface area contributed by atoms with Crippen molar-refractivity contribution in [1.82, 2.24) is 20.0 Å². The molecular formula is C13H19N5O. The number of nitrogens with zero attached hydrogens (tertiary/aromatic N) is 3. The quantitative estimate of drug-likeness (QED) is 0.843. The summed E-state index contributed by atoms with van der Waals surface area (Å²) in [5, 5.41) is 15.1. The molecule has 19 heavy (non-hydrogen) atoms. The zero-order chi connectivity index (χ0) is 13.6. The molecule has 1 aromatic rings. The highest BCUT2D eigenvalue weighted by Crippen LogP contribution is 2.31. The molecule has 6 nitrogen and oxygen atoms in total. The fourth-order valence-corrected chi connectivity index (χ4v) is 2.56. The summed E-state index contributed by atoms with van der Waals surface area (Å²) < 4.78 is 1.94. The van der Waals surface area contributed by atoms with Crippen molar-refractivity contribution in [2.24, 2.45) is 5.92 Å². The van der Waals surface area contributed by atoms with Crippen LogP contribution in [0.2, 0.25) is 0 Å². The van der Waals surface area contributed by atoms with Gasteiger partial charge in [-0.1, -0.05) is 0 Å². The standard InChI is InChI=1S/C13H19N5O/c1-8-11(12(19)17(2)13(14)16-8)10-5-15-18(7-10)6-9-3-4-9/h5,7-9,11H,3-4,6H2,1-2H3,(H2,14,16)/t8-,11-/m0/s1. The second-order valence-corrected chi connectivity index (χ2v) is 5.60. The van der Waals surface area contributed by atoms with E-state index in [1.807, 2.05) is 17.8 Å². The molecule has 2 fully saturated rings. The monoisotopic (exact) mass is 261 g/mol. The lowest BCUT2D eigenvalue weighted by Crippen LogP contribution is -2.56. The number of guanidine groups is 1. The number of rotatable bonds is 3. The Morgan fingerprint density at radius 2 is 2.26 bits per heavy atom. The van der Waals surface area contributed by atoms with Crippen LogP contribution in [0.1, 0.15) is 31.2 Å². The van der Waals surface area contributed by atoms with Crippen LogP contribution in [0.15, 0.2) is 12.4 Å². The van der Waals surface area contributed by atoms with E-state index in [-0.39, 0.29) is 23.8 Å². The minimum atomic E-state index is -0.257. The molecule has 1 aliphatic carbocycles. The zero-order valence-electron chi connectivity index (χ0n) is 11.3. The Bertz CT molecular complexity index is 519. The fourth-order valence-electron chi connectivity index (χ4n) is 2.56. The van der Waals surface area contributed by atoms with E-state index in [1.165, 1.54) is 17.7 Å². The van der Waals surface area contributed by atoms with Crippen molar-refractivity contribution in [2.45, 2.75) is 38.3 Å². The lowest BCUT2D eigenvalue weighted by Gasteiger charge is -2.35. The summed E-state index contributed by atoms with van der Waals surface area (Å²) in [4.78, 5) is 13.7. The van der Waals surface area contributed by atoms with Crippen molar-refractivity contribution in [1.29, 1.82) is 5.41 Å². The van der Waals surface area contributed by atoms with Crippen molar-refractivity contribution in [3.8, 4) is 0 Å². The average molecular weight is 261 g/mol. The number of likely N-dealkylation sites (N-methyl/N-ethyl adjacent to an activating group) is 1. The largest absolute Gasteiger partial charge is 0.352 e. The van der Waals surface area contributed by atoms with Crippen LogP contribution in [-0.2, 0) is 11.3 Å². The molecule has 3 rings (SSSR count). The van der Waals surface area contributed by atoms with Gasteiger partial charge in [0.25, 0.3) is 0 Å². The van der Waals surface area contributed by atoms with Crippen LogP contribution in [0, 0.1) is 11.3 Å². The molecule has 1 saturated heterocycles. The van der Waals surface area contributed by atoms with Crippen LogP contribution in [0.3, 0.4) is 0 Å². The average Bonchev–Trinajstić information content (AvgIpc) is 3.05. The Labute approximate surface area is 112 Å². The molecular weight excluding hydrogens is 242 g/mol. The number of amides is 1. The Kier molecular flexibility index (Phi) is 2.80. The van der Waals surface area contributed by atoms with Gasteiger partial charge in [-0.3, -0.25) is 19.8 Å². The van der Waals surface area contributed by atoms with E-state index in [1.54, 1.807) is 13.2 Å². The lowest BCUT2D eigenvalue weighted by atomic mass is 9.92. The number of nitrogens with one attached hydrogen (secondary N) is 2. The van der Waals surface area contributed by atoms with Crippen molar-refractivity contribution in [3.63, 3.8) is 0 Å². The number of hydrogen-bond acceptors (Lipinski definition) is 3. The van der Waals surface area contributed by atoms with Crippen LogP contribution in [0.5, 0.6) is 0 Å². The van der Waals surface area contributed by atoms with Crippen LogP contribution < -0.4 is 5.32 Å². The number of carbonyl (C=O) groups is 1. The van der Waals surface area contributed by atoms with E-state index in [2.05, 4.69) is 10.4 Å². The SMILES string of the molecule is C[C@@H]1NC(=N)N(C)C(=O)[C@@H]1c1cnn(CC2CC2)c1. The van der Waals surface area contributed by atoms with E-state index in [0.717, 1.165) is 18.0 Å². The summed E-state index contributed by atoms with van der Waals surface area (Å²) in [5.74, 6) is 0.634. The molecule has 0 unspecified atom stereocenters. The van der Waals surface area contributed by atoms with E-state index < -0.39 is 0 Å². The molecule has 2 atom stereocenters. The maximum Gasteiger partial charge on any atom is 0.238 e. The van der Waals surface area contributed by atoms with E-state index in [4.69, 9.17) is 5.41 Å².